The van der Waals surface area contributed by atoms with Crippen molar-refractivity contribution in [2.75, 3.05) is 0 Å². The van der Waals surface area contributed by atoms with Crippen LogP contribution in [0.4, 0.5) is 0 Å². The number of benzene rings is 1. The van der Waals surface area contributed by atoms with Crippen molar-refractivity contribution in [3.63, 3.8) is 0 Å². The molecule has 0 aliphatic heterocycles. The van der Waals surface area contributed by atoms with E-state index in [-0.39, 0.29) is 0 Å². The summed E-state index contributed by atoms with van der Waals surface area (Å²) in [6.45, 7) is 3.88. The van der Waals surface area contributed by atoms with Crippen molar-refractivity contribution in [2.24, 2.45) is 0 Å². The molecule has 1 unspecified atom stereocenters. The van der Waals surface area contributed by atoms with E-state index in [9.17, 15) is 9.90 Å². The van der Waals surface area contributed by atoms with Crippen molar-refractivity contribution in [3.8, 4) is 0 Å². The summed E-state index contributed by atoms with van der Waals surface area (Å²) in [5.74, 6) is -1.58. The lowest BCUT2D eigenvalue weighted by atomic mass is 9.90. The molecular weight excluding hydrogens is 226 g/mol. The van der Waals surface area contributed by atoms with Gasteiger partial charge < -0.3 is 5.11 Å². The third-order valence-corrected chi connectivity index (χ3v) is 2.98. The van der Waals surface area contributed by atoms with Gasteiger partial charge >= 0.3 is 5.97 Å². The molecule has 0 fully saturated rings. The average Bonchev–Trinajstić information content (AvgIpc) is 2.35. The van der Waals surface area contributed by atoms with E-state index in [1.807, 2.05) is 38.1 Å². The molecule has 3 heteroatoms. The Morgan fingerprint density at radius 2 is 2.00 bits per heavy atom. The predicted octanol–water partition coefficient (Wildman–Crippen LogP) is 2.91. The molecule has 3 nitrogen and oxygen atoms in total. The van der Waals surface area contributed by atoms with Gasteiger partial charge in [-0.2, -0.15) is 0 Å². The highest BCUT2D eigenvalue weighted by molar-refractivity contribution is 5.80. The lowest BCUT2D eigenvalue weighted by Crippen LogP contribution is -2.15. The zero-order chi connectivity index (χ0) is 13.1. The molecule has 0 radical (unpaired) electrons. The number of hydrogen-bond acceptors (Lipinski definition) is 2. The molecule has 1 aromatic carbocycles. The first-order valence-electron chi connectivity index (χ1n) is 5.80. The Hall–Kier alpha value is -2.16. The Morgan fingerprint density at radius 3 is 2.61 bits per heavy atom. The van der Waals surface area contributed by atoms with Crippen LogP contribution in [0.15, 0.2) is 42.6 Å². The number of aryl methyl sites for hydroxylation is 2. The van der Waals surface area contributed by atoms with E-state index < -0.39 is 11.9 Å². The maximum Gasteiger partial charge on any atom is 0.317 e. The van der Waals surface area contributed by atoms with Gasteiger partial charge in [0.05, 0.1) is 5.69 Å². The van der Waals surface area contributed by atoms with E-state index in [0.717, 1.165) is 16.7 Å². The molecule has 0 aliphatic carbocycles. The molecule has 18 heavy (non-hydrogen) atoms. The van der Waals surface area contributed by atoms with Crippen LogP contribution in [0.1, 0.15) is 28.3 Å². The van der Waals surface area contributed by atoms with Crippen LogP contribution in [0.5, 0.6) is 0 Å². The number of carbonyl (C=O) groups is 1. The molecule has 2 aromatic rings. The summed E-state index contributed by atoms with van der Waals surface area (Å²) >= 11 is 0. The minimum Gasteiger partial charge on any atom is -0.480 e. The van der Waals surface area contributed by atoms with E-state index in [2.05, 4.69) is 4.98 Å². The molecule has 92 valence electrons. The van der Waals surface area contributed by atoms with Crippen molar-refractivity contribution in [1.82, 2.24) is 4.98 Å². The summed E-state index contributed by atoms with van der Waals surface area (Å²) in [5.41, 5.74) is 3.40. The van der Waals surface area contributed by atoms with Crippen LogP contribution in [0.3, 0.4) is 0 Å². The zero-order valence-corrected chi connectivity index (χ0v) is 10.4. The monoisotopic (exact) mass is 241 g/mol. The minimum absolute atomic E-state index is 0.568. The number of nitrogens with zero attached hydrogens (tertiary/aromatic N) is 1. The Balaban J connectivity index is 2.55. The van der Waals surface area contributed by atoms with E-state index in [4.69, 9.17) is 0 Å². The van der Waals surface area contributed by atoms with Crippen molar-refractivity contribution >= 4 is 5.97 Å². The van der Waals surface area contributed by atoms with Crippen molar-refractivity contribution in [2.45, 2.75) is 19.8 Å². The van der Waals surface area contributed by atoms with Crippen LogP contribution in [-0.2, 0) is 4.79 Å². The number of aliphatic carboxylic acids is 1. The Labute approximate surface area is 106 Å². The van der Waals surface area contributed by atoms with Crippen LogP contribution in [0, 0.1) is 13.8 Å². The van der Waals surface area contributed by atoms with Gasteiger partial charge in [-0.15, -0.1) is 0 Å². The number of hydrogen-bond donors (Lipinski definition) is 1. The van der Waals surface area contributed by atoms with Crippen LogP contribution in [-0.4, -0.2) is 16.1 Å². The van der Waals surface area contributed by atoms with Gasteiger partial charge in [-0.25, -0.2) is 0 Å². The predicted molar refractivity (Wildman–Crippen MR) is 69.6 cm³/mol. The first-order chi connectivity index (χ1) is 8.59. The third kappa shape index (κ3) is 2.40. The average molecular weight is 241 g/mol. The molecule has 0 saturated heterocycles. The second kappa shape index (κ2) is 5.00. The van der Waals surface area contributed by atoms with Crippen molar-refractivity contribution in [1.29, 1.82) is 0 Å². The van der Waals surface area contributed by atoms with Crippen molar-refractivity contribution in [3.05, 3.63) is 65.0 Å². The molecule has 0 amide bonds. The van der Waals surface area contributed by atoms with Crippen LogP contribution in [0.25, 0.3) is 0 Å². The van der Waals surface area contributed by atoms with E-state index in [1.54, 1.807) is 18.3 Å². The second-order valence-electron chi connectivity index (χ2n) is 4.39. The topological polar surface area (TPSA) is 50.2 Å². The summed E-state index contributed by atoms with van der Waals surface area (Å²) in [7, 11) is 0. The van der Waals surface area contributed by atoms with Gasteiger partial charge in [-0.1, -0.05) is 29.8 Å². The summed E-state index contributed by atoms with van der Waals surface area (Å²) in [6.07, 6.45) is 1.62. The molecule has 0 bridgehead atoms. The number of rotatable bonds is 3. The highest BCUT2D eigenvalue weighted by atomic mass is 16.4. The smallest absolute Gasteiger partial charge is 0.317 e. The van der Waals surface area contributed by atoms with Crippen molar-refractivity contribution < 1.29 is 9.90 Å². The van der Waals surface area contributed by atoms with Crippen LogP contribution in [0.2, 0.25) is 0 Å². The fourth-order valence-electron chi connectivity index (χ4n) is 2.04. The van der Waals surface area contributed by atoms with E-state index in [0.29, 0.717) is 5.69 Å². The van der Waals surface area contributed by atoms with E-state index in [1.165, 1.54) is 0 Å². The van der Waals surface area contributed by atoms with Gasteiger partial charge in [0.2, 0.25) is 0 Å². The maximum absolute atomic E-state index is 11.5. The normalized spacial score (nSPS) is 12.1. The second-order valence-corrected chi connectivity index (χ2v) is 4.39. The van der Waals surface area contributed by atoms with Gasteiger partial charge in [0.1, 0.15) is 5.92 Å². The maximum atomic E-state index is 11.5. The fraction of sp³-hybridized carbons (Fsp3) is 0.200. The summed E-state index contributed by atoms with van der Waals surface area (Å²) in [5, 5.41) is 9.46. The highest BCUT2D eigenvalue weighted by Gasteiger charge is 2.24. The number of aromatic nitrogens is 1. The number of carboxylic acids is 1. The molecule has 2 rings (SSSR count). The van der Waals surface area contributed by atoms with Gasteiger partial charge in [0, 0.05) is 6.20 Å². The summed E-state index contributed by atoms with van der Waals surface area (Å²) in [6, 6.07) is 11.2. The SMILES string of the molecule is Cc1ccc(C)c(C(C(=O)O)c2ccccn2)c1. The Morgan fingerprint density at radius 1 is 1.22 bits per heavy atom. The van der Waals surface area contributed by atoms with Crippen LogP contribution >= 0.6 is 0 Å². The van der Waals surface area contributed by atoms with Gasteiger partial charge in [-0.05, 0) is 37.1 Å². The fourth-order valence-corrected chi connectivity index (χ4v) is 2.04. The number of pyridine rings is 1. The number of carboxylic acid groups (broad SMARTS) is 1. The third-order valence-electron chi connectivity index (χ3n) is 2.98. The highest BCUT2D eigenvalue weighted by Crippen LogP contribution is 2.27. The molecule has 0 aliphatic rings. The first kappa shape index (κ1) is 12.3. The molecule has 1 heterocycles. The van der Waals surface area contributed by atoms with Gasteiger partial charge in [-0.3, -0.25) is 9.78 Å². The van der Waals surface area contributed by atoms with Gasteiger partial charge in [0.25, 0.3) is 0 Å². The zero-order valence-electron chi connectivity index (χ0n) is 10.4. The largest absolute Gasteiger partial charge is 0.480 e. The molecule has 1 atom stereocenters. The lowest BCUT2D eigenvalue weighted by Gasteiger charge is -2.15. The minimum atomic E-state index is -0.873. The van der Waals surface area contributed by atoms with Crippen LogP contribution < -0.4 is 0 Å². The standard InChI is InChI=1S/C15H15NO2/c1-10-6-7-11(2)12(9-10)14(15(17)18)13-5-3-4-8-16-13/h3-9,14H,1-2H3,(H,17,18). The summed E-state index contributed by atoms with van der Waals surface area (Å²) in [4.78, 5) is 15.7. The Kier molecular flexibility index (Phi) is 3.42. The molecule has 0 saturated carbocycles. The van der Waals surface area contributed by atoms with E-state index >= 15 is 0 Å². The molecular formula is C15H15NO2. The first-order valence-corrected chi connectivity index (χ1v) is 5.80. The molecule has 1 N–H and O–H groups in total. The Bertz CT molecular complexity index is 564. The van der Waals surface area contributed by atoms with Gasteiger partial charge in [0.15, 0.2) is 0 Å². The molecule has 0 spiro atoms. The quantitative estimate of drug-likeness (QED) is 0.898. The molecule has 1 aromatic heterocycles. The summed E-state index contributed by atoms with van der Waals surface area (Å²) < 4.78 is 0. The lowest BCUT2D eigenvalue weighted by molar-refractivity contribution is -0.137.